The fourth-order valence-electron chi connectivity index (χ4n) is 3.26. The predicted molar refractivity (Wildman–Crippen MR) is 95.1 cm³/mol. The number of hydrogen-bond acceptors (Lipinski definition) is 5. The Labute approximate surface area is 147 Å². The van der Waals surface area contributed by atoms with Gasteiger partial charge in [0, 0.05) is 26.2 Å². The normalized spacial score (nSPS) is 18.7. The summed E-state index contributed by atoms with van der Waals surface area (Å²) in [6.45, 7) is 8.41. The first-order valence-electron chi connectivity index (χ1n) is 8.65. The van der Waals surface area contributed by atoms with E-state index in [2.05, 4.69) is 32.0 Å². The summed E-state index contributed by atoms with van der Waals surface area (Å²) in [5.41, 5.74) is 1.82. The molecule has 0 bridgehead atoms. The lowest BCUT2D eigenvalue weighted by molar-refractivity contribution is 0.0767. The summed E-state index contributed by atoms with van der Waals surface area (Å²) in [5.74, 6) is -0.0304. The highest BCUT2D eigenvalue weighted by Gasteiger charge is 2.24. The topological polar surface area (TPSA) is 54.3 Å². The van der Waals surface area contributed by atoms with E-state index < -0.39 is 0 Å². The van der Waals surface area contributed by atoms with E-state index in [4.69, 9.17) is 0 Å². The van der Waals surface area contributed by atoms with Crippen LogP contribution >= 0.6 is 11.3 Å². The standard InChI is InChI=1S/C17H25N5OS/c1-3-21(4-2)17(23)16-12-22(19-18-16)15-6-5-8-20(11-15)10-14-7-9-24-13-14/h7,9,12-13,15H,3-6,8,10-11H2,1-2H3. The van der Waals surface area contributed by atoms with Crippen molar-refractivity contribution < 1.29 is 4.79 Å². The molecule has 7 heteroatoms. The Bertz CT molecular complexity index is 650. The van der Waals surface area contributed by atoms with Crippen molar-refractivity contribution in [3.63, 3.8) is 0 Å². The molecule has 0 radical (unpaired) electrons. The van der Waals surface area contributed by atoms with Crippen LogP contribution in [0.2, 0.25) is 0 Å². The molecule has 0 saturated carbocycles. The van der Waals surface area contributed by atoms with Crippen LogP contribution in [0.15, 0.2) is 23.0 Å². The van der Waals surface area contributed by atoms with E-state index in [0.29, 0.717) is 24.8 Å². The average molecular weight is 347 g/mol. The van der Waals surface area contributed by atoms with Crippen molar-refractivity contribution >= 4 is 17.2 Å². The van der Waals surface area contributed by atoms with Gasteiger partial charge < -0.3 is 4.90 Å². The smallest absolute Gasteiger partial charge is 0.276 e. The molecule has 1 amide bonds. The number of thiophene rings is 1. The van der Waals surface area contributed by atoms with E-state index in [1.807, 2.05) is 24.7 Å². The summed E-state index contributed by atoms with van der Waals surface area (Å²) in [4.78, 5) is 16.6. The maximum absolute atomic E-state index is 12.4. The van der Waals surface area contributed by atoms with Crippen LogP contribution in [0.4, 0.5) is 0 Å². The molecule has 0 aliphatic carbocycles. The molecule has 1 saturated heterocycles. The van der Waals surface area contributed by atoms with Gasteiger partial charge in [-0.2, -0.15) is 11.3 Å². The first kappa shape index (κ1) is 17.1. The molecular formula is C17H25N5OS. The highest BCUT2D eigenvalue weighted by Crippen LogP contribution is 2.23. The van der Waals surface area contributed by atoms with Crippen molar-refractivity contribution in [2.24, 2.45) is 0 Å². The van der Waals surface area contributed by atoms with Crippen LogP contribution in [0.3, 0.4) is 0 Å². The minimum Gasteiger partial charge on any atom is -0.338 e. The Kier molecular flexibility index (Phi) is 5.63. The van der Waals surface area contributed by atoms with Gasteiger partial charge in [-0.15, -0.1) is 5.10 Å². The van der Waals surface area contributed by atoms with Gasteiger partial charge in [0.25, 0.3) is 5.91 Å². The second-order valence-corrected chi connectivity index (χ2v) is 7.00. The van der Waals surface area contributed by atoms with Gasteiger partial charge in [-0.25, -0.2) is 4.68 Å². The van der Waals surface area contributed by atoms with E-state index in [9.17, 15) is 4.79 Å². The van der Waals surface area contributed by atoms with Gasteiger partial charge in [0.2, 0.25) is 0 Å². The number of amides is 1. The molecule has 0 N–H and O–H groups in total. The molecular weight excluding hydrogens is 322 g/mol. The highest BCUT2D eigenvalue weighted by molar-refractivity contribution is 7.07. The molecule has 130 valence electrons. The number of likely N-dealkylation sites (tertiary alicyclic amines) is 1. The SMILES string of the molecule is CCN(CC)C(=O)c1cn(C2CCCN(Cc3ccsc3)C2)nn1. The molecule has 2 aromatic rings. The second kappa shape index (κ2) is 7.90. The maximum atomic E-state index is 12.4. The minimum atomic E-state index is -0.0304. The van der Waals surface area contributed by atoms with Gasteiger partial charge in [-0.1, -0.05) is 5.21 Å². The minimum absolute atomic E-state index is 0.0304. The van der Waals surface area contributed by atoms with Gasteiger partial charge in [-0.05, 0) is 55.6 Å². The molecule has 6 nitrogen and oxygen atoms in total. The fraction of sp³-hybridized carbons (Fsp3) is 0.588. The Balaban J connectivity index is 1.65. The van der Waals surface area contributed by atoms with Crippen LogP contribution in [0, 0.1) is 0 Å². The van der Waals surface area contributed by atoms with Gasteiger partial charge >= 0.3 is 0 Å². The van der Waals surface area contributed by atoms with Crippen LogP contribution in [0.1, 0.15) is 48.8 Å². The molecule has 1 aliphatic rings. The van der Waals surface area contributed by atoms with Gasteiger partial charge in [0.05, 0.1) is 12.2 Å². The zero-order valence-corrected chi connectivity index (χ0v) is 15.2. The quantitative estimate of drug-likeness (QED) is 0.806. The number of carbonyl (C=O) groups is 1. The Morgan fingerprint density at radius 3 is 2.96 bits per heavy atom. The fourth-order valence-corrected chi connectivity index (χ4v) is 3.92. The number of aromatic nitrogens is 3. The van der Waals surface area contributed by atoms with Crippen LogP contribution < -0.4 is 0 Å². The van der Waals surface area contributed by atoms with Gasteiger partial charge in [-0.3, -0.25) is 9.69 Å². The van der Waals surface area contributed by atoms with Crippen molar-refractivity contribution in [2.75, 3.05) is 26.2 Å². The lowest BCUT2D eigenvalue weighted by Crippen LogP contribution is -2.36. The molecule has 1 fully saturated rings. The predicted octanol–water partition coefficient (Wildman–Crippen LogP) is 2.66. The molecule has 1 aliphatic heterocycles. The summed E-state index contributed by atoms with van der Waals surface area (Å²) in [6, 6.07) is 2.48. The molecule has 1 atom stereocenters. The van der Waals surface area contributed by atoms with E-state index in [-0.39, 0.29) is 5.91 Å². The Hall–Kier alpha value is -1.73. The lowest BCUT2D eigenvalue weighted by Gasteiger charge is -2.32. The second-order valence-electron chi connectivity index (χ2n) is 6.22. The summed E-state index contributed by atoms with van der Waals surface area (Å²) in [7, 11) is 0. The molecule has 2 aromatic heterocycles. The summed E-state index contributed by atoms with van der Waals surface area (Å²) in [6.07, 6.45) is 4.05. The molecule has 0 aromatic carbocycles. The largest absolute Gasteiger partial charge is 0.338 e. The van der Waals surface area contributed by atoms with E-state index in [0.717, 1.165) is 32.5 Å². The monoisotopic (exact) mass is 347 g/mol. The third kappa shape index (κ3) is 3.84. The van der Waals surface area contributed by atoms with Crippen LogP contribution in [-0.2, 0) is 6.54 Å². The van der Waals surface area contributed by atoms with Gasteiger partial charge in [0.1, 0.15) is 0 Å². The average Bonchev–Trinajstić information content (AvgIpc) is 3.28. The first-order valence-corrected chi connectivity index (χ1v) is 9.60. The van der Waals surface area contributed by atoms with Crippen molar-refractivity contribution in [3.8, 4) is 0 Å². The number of hydrogen-bond donors (Lipinski definition) is 0. The number of piperidine rings is 1. The van der Waals surface area contributed by atoms with Crippen molar-refractivity contribution in [1.29, 1.82) is 0 Å². The number of carbonyl (C=O) groups excluding carboxylic acids is 1. The van der Waals surface area contributed by atoms with Crippen molar-refractivity contribution in [3.05, 3.63) is 34.3 Å². The van der Waals surface area contributed by atoms with E-state index in [1.54, 1.807) is 16.2 Å². The highest BCUT2D eigenvalue weighted by atomic mass is 32.1. The van der Waals surface area contributed by atoms with E-state index in [1.165, 1.54) is 5.56 Å². The third-order valence-corrected chi connectivity index (χ3v) is 5.35. The Morgan fingerprint density at radius 1 is 1.42 bits per heavy atom. The number of rotatable bonds is 6. The lowest BCUT2D eigenvalue weighted by atomic mass is 10.1. The van der Waals surface area contributed by atoms with Gasteiger partial charge in [0.15, 0.2) is 5.69 Å². The maximum Gasteiger partial charge on any atom is 0.276 e. The van der Waals surface area contributed by atoms with Crippen LogP contribution in [0.25, 0.3) is 0 Å². The molecule has 3 rings (SSSR count). The third-order valence-electron chi connectivity index (χ3n) is 4.62. The molecule has 0 spiro atoms. The van der Waals surface area contributed by atoms with Crippen molar-refractivity contribution in [2.45, 2.75) is 39.3 Å². The summed E-state index contributed by atoms with van der Waals surface area (Å²) < 4.78 is 1.89. The molecule has 1 unspecified atom stereocenters. The summed E-state index contributed by atoms with van der Waals surface area (Å²) >= 11 is 1.74. The summed E-state index contributed by atoms with van der Waals surface area (Å²) in [5, 5.41) is 12.7. The Morgan fingerprint density at radius 2 is 2.25 bits per heavy atom. The zero-order chi connectivity index (χ0) is 16.9. The number of nitrogens with zero attached hydrogens (tertiary/aromatic N) is 5. The molecule has 24 heavy (non-hydrogen) atoms. The molecule has 3 heterocycles. The van der Waals surface area contributed by atoms with Crippen LogP contribution in [-0.4, -0.2) is 56.9 Å². The van der Waals surface area contributed by atoms with Crippen LogP contribution in [0.5, 0.6) is 0 Å². The van der Waals surface area contributed by atoms with E-state index >= 15 is 0 Å². The van der Waals surface area contributed by atoms with Crippen molar-refractivity contribution in [1.82, 2.24) is 24.8 Å². The first-order chi connectivity index (χ1) is 11.7. The zero-order valence-electron chi connectivity index (χ0n) is 14.4.